The number of carbonyl (C=O) groups excluding carboxylic acids is 2. The number of carbonyl (C=O) groups is 2. The van der Waals surface area contributed by atoms with E-state index in [1.807, 2.05) is 37.3 Å². The van der Waals surface area contributed by atoms with Crippen LogP contribution >= 0.6 is 0 Å². The standard InChI is InChI=1S/C23H22N4O4S/c1-16(17-7-3-2-4-8-17)24-23(29)19-9-5-6-10-20(19)25-22(28)18-11-12-21-26-32(30,31)14-13-27(21)15-18/h2-12,15-16H,13-14H2,1H3,(H,24,29)(H,25,28). The highest BCUT2D eigenvalue weighted by atomic mass is 32.2. The van der Waals surface area contributed by atoms with Crippen molar-refractivity contribution in [3.8, 4) is 0 Å². The summed E-state index contributed by atoms with van der Waals surface area (Å²) < 4.78 is 27.0. The molecule has 2 aromatic rings. The Hall–Kier alpha value is -3.72. The molecule has 0 bridgehead atoms. The van der Waals surface area contributed by atoms with Gasteiger partial charge >= 0.3 is 0 Å². The fourth-order valence-corrected chi connectivity index (χ4v) is 4.39. The van der Waals surface area contributed by atoms with Crippen LogP contribution in [0.2, 0.25) is 0 Å². The summed E-state index contributed by atoms with van der Waals surface area (Å²) in [6.45, 7) is 2.11. The monoisotopic (exact) mass is 450 g/mol. The van der Waals surface area contributed by atoms with Crippen molar-refractivity contribution in [3.05, 3.63) is 89.6 Å². The molecule has 2 amide bonds. The topological polar surface area (TPSA) is 108 Å². The number of nitrogens with zero attached hydrogens (tertiary/aromatic N) is 2. The lowest BCUT2D eigenvalue weighted by atomic mass is 10.1. The van der Waals surface area contributed by atoms with Crippen LogP contribution in [-0.2, 0) is 14.8 Å². The molecule has 2 N–H and O–H groups in total. The SMILES string of the molecule is CC(NC(=O)c1ccccc1NC(=O)C1=CN2CCS(=O)(=O)N=C2C=C1)c1ccccc1. The van der Waals surface area contributed by atoms with E-state index >= 15 is 0 Å². The van der Waals surface area contributed by atoms with Gasteiger partial charge in [0, 0.05) is 12.7 Å². The number of amides is 2. The van der Waals surface area contributed by atoms with E-state index in [1.54, 1.807) is 35.4 Å². The highest BCUT2D eigenvalue weighted by molar-refractivity contribution is 7.90. The van der Waals surface area contributed by atoms with Crippen molar-refractivity contribution in [2.75, 3.05) is 17.6 Å². The number of rotatable bonds is 5. The number of sulfonamides is 1. The molecule has 0 saturated carbocycles. The van der Waals surface area contributed by atoms with Crippen LogP contribution < -0.4 is 10.6 Å². The predicted molar refractivity (Wildman–Crippen MR) is 123 cm³/mol. The third-order valence-electron chi connectivity index (χ3n) is 5.15. The van der Waals surface area contributed by atoms with Gasteiger partial charge in [0.2, 0.25) is 0 Å². The van der Waals surface area contributed by atoms with Crippen LogP contribution in [-0.4, -0.2) is 43.3 Å². The summed E-state index contributed by atoms with van der Waals surface area (Å²) in [6.07, 6.45) is 4.56. The van der Waals surface area contributed by atoms with E-state index in [0.717, 1.165) is 5.56 Å². The maximum Gasteiger partial charge on any atom is 0.257 e. The summed E-state index contributed by atoms with van der Waals surface area (Å²) in [7, 11) is -3.46. The summed E-state index contributed by atoms with van der Waals surface area (Å²) in [4.78, 5) is 27.3. The van der Waals surface area contributed by atoms with E-state index < -0.39 is 15.9 Å². The molecule has 9 heteroatoms. The molecule has 2 aliphatic rings. The van der Waals surface area contributed by atoms with Gasteiger partial charge in [0.05, 0.1) is 28.6 Å². The molecule has 4 rings (SSSR count). The highest BCUT2D eigenvalue weighted by Crippen LogP contribution is 2.21. The Morgan fingerprint density at radius 2 is 1.72 bits per heavy atom. The normalized spacial score (nSPS) is 17.5. The largest absolute Gasteiger partial charge is 0.345 e. The molecule has 164 valence electrons. The first-order valence-corrected chi connectivity index (χ1v) is 11.7. The molecule has 8 nitrogen and oxygen atoms in total. The number of para-hydroxylation sites is 1. The number of hydrogen-bond acceptors (Lipinski definition) is 5. The van der Waals surface area contributed by atoms with Gasteiger partial charge in [-0.1, -0.05) is 42.5 Å². The molecule has 0 aromatic heterocycles. The van der Waals surface area contributed by atoms with Gasteiger partial charge in [-0.15, -0.1) is 4.40 Å². The van der Waals surface area contributed by atoms with Crippen molar-refractivity contribution in [2.24, 2.45) is 4.40 Å². The van der Waals surface area contributed by atoms with Crippen LogP contribution in [0.5, 0.6) is 0 Å². The molecule has 0 spiro atoms. The molecule has 1 atom stereocenters. The summed E-state index contributed by atoms with van der Waals surface area (Å²) in [5, 5.41) is 5.73. The van der Waals surface area contributed by atoms with E-state index in [1.165, 1.54) is 12.2 Å². The minimum atomic E-state index is -3.46. The van der Waals surface area contributed by atoms with Gasteiger partial charge in [0.1, 0.15) is 5.84 Å². The minimum absolute atomic E-state index is 0.113. The molecule has 2 aromatic carbocycles. The summed E-state index contributed by atoms with van der Waals surface area (Å²) >= 11 is 0. The fraction of sp³-hybridized carbons (Fsp3) is 0.174. The first-order chi connectivity index (χ1) is 15.3. The van der Waals surface area contributed by atoms with Gasteiger partial charge in [0.15, 0.2) is 0 Å². The molecule has 2 heterocycles. The van der Waals surface area contributed by atoms with E-state index in [9.17, 15) is 18.0 Å². The lowest BCUT2D eigenvalue weighted by molar-refractivity contribution is -0.112. The Kier molecular flexibility index (Phi) is 5.91. The molecular weight excluding hydrogens is 428 g/mol. The Bertz CT molecular complexity index is 1250. The summed E-state index contributed by atoms with van der Waals surface area (Å²) in [6, 6.07) is 16.2. The smallest absolute Gasteiger partial charge is 0.257 e. The van der Waals surface area contributed by atoms with E-state index in [0.29, 0.717) is 16.8 Å². The Balaban J connectivity index is 1.49. The molecule has 0 saturated heterocycles. The second-order valence-electron chi connectivity index (χ2n) is 7.45. The second kappa shape index (κ2) is 8.80. The molecule has 0 fully saturated rings. The van der Waals surface area contributed by atoms with E-state index in [-0.39, 0.29) is 30.1 Å². The zero-order chi connectivity index (χ0) is 22.7. The lowest BCUT2D eigenvalue weighted by Crippen LogP contribution is -2.37. The molecule has 0 radical (unpaired) electrons. The predicted octanol–water partition coefficient (Wildman–Crippen LogP) is 2.61. The third kappa shape index (κ3) is 4.78. The number of nitrogens with one attached hydrogen (secondary N) is 2. The summed E-state index contributed by atoms with van der Waals surface area (Å²) in [5.74, 6) is -0.549. The van der Waals surface area contributed by atoms with Crippen LogP contribution in [0.15, 0.2) is 82.9 Å². The average Bonchev–Trinajstić information content (AvgIpc) is 2.79. The van der Waals surface area contributed by atoms with Crippen LogP contribution in [0.1, 0.15) is 28.9 Å². The Morgan fingerprint density at radius 1 is 1.00 bits per heavy atom. The number of amidine groups is 1. The van der Waals surface area contributed by atoms with Gasteiger partial charge in [-0.25, -0.2) is 8.42 Å². The van der Waals surface area contributed by atoms with Crippen molar-refractivity contribution in [1.29, 1.82) is 0 Å². The molecule has 0 aliphatic carbocycles. The fourth-order valence-electron chi connectivity index (χ4n) is 3.42. The quantitative estimate of drug-likeness (QED) is 0.728. The van der Waals surface area contributed by atoms with Crippen molar-refractivity contribution in [1.82, 2.24) is 10.2 Å². The number of anilines is 1. The summed E-state index contributed by atoms with van der Waals surface area (Å²) in [5.41, 5.74) is 2.03. The maximum absolute atomic E-state index is 12.9. The van der Waals surface area contributed by atoms with Crippen LogP contribution in [0, 0.1) is 0 Å². The van der Waals surface area contributed by atoms with Crippen molar-refractivity contribution >= 4 is 33.4 Å². The third-order valence-corrected chi connectivity index (χ3v) is 6.32. The lowest BCUT2D eigenvalue weighted by Gasteiger charge is -2.27. The van der Waals surface area contributed by atoms with Crippen LogP contribution in [0.3, 0.4) is 0 Å². The van der Waals surface area contributed by atoms with Crippen molar-refractivity contribution < 1.29 is 18.0 Å². The van der Waals surface area contributed by atoms with Crippen molar-refractivity contribution in [3.63, 3.8) is 0 Å². The molecular formula is C23H22N4O4S. The first kappa shape index (κ1) is 21.5. The zero-order valence-corrected chi connectivity index (χ0v) is 18.2. The Labute approximate surface area is 186 Å². The van der Waals surface area contributed by atoms with Gasteiger partial charge in [-0.05, 0) is 36.8 Å². The first-order valence-electron chi connectivity index (χ1n) is 10.1. The average molecular weight is 451 g/mol. The zero-order valence-electron chi connectivity index (χ0n) is 17.4. The number of hydrogen-bond donors (Lipinski definition) is 2. The maximum atomic E-state index is 12.9. The number of benzene rings is 2. The van der Waals surface area contributed by atoms with Gasteiger partial charge in [-0.3, -0.25) is 9.59 Å². The molecule has 1 unspecified atom stereocenters. The molecule has 32 heavy (non-hydrogen) atoms. The highest BCUT2D eigenvalue weighted by Gasteiger charge is 2.25. The number of fused-ring (bicyclic) bond motifs is 1. The van der Waals surface area contributed by atoms with Crippen molar-refractivity contribution in [2.45, 2.75) is 13.0 Å². The van der Waals surface area contributed by atoms with Crippen LogP contribution in [0.4, 0.5) is 5.69 Å². The Morgan fingerprint density at radius 3 is 2.50 bits per heavy atom. The van der Waals surface area contributed by atoms with Gasteiger partial charge < -0.3 is 15.5 Å². The van der Waals surface area contributed by atoms with E-state index in [2.05, 4.69) is 15.0 Å². The van der Waals surface area contributed by atoms with E-state index in [4.69, 9.17) is 0 Å². The second-order valence-corrected chi connectivity index (χ2v) is 9.21. The van der Waals surface area contributed by atoms with Gasteiger partial charge in [0.25, 0.3) is 21.8 Å². The van der Waals surface area contributed by atoms with Crippen LogP contribution in [0.25, 0.3) is 0 Å². The molecule has 2 aliphatic heterocycles. The minimum Gasteiger partial charge on any atom is -0.345 e. The van der Waals surface area contributed by atoms with Gasteiger partial charge in [-0.2, -0.15) is 0 Å².